The maximum atomic E-state index is 11.6. The van der Waals surface area contributed by atoms with E-state index in [0.29, 0.717) is 13.1 Å². The summed E-state index contributed by atoms with van der Waals surface area (Å²) in [5.74, 6) is 0.834. The topological polar surface area (TPSA) is 91.0 Å². The third kappa shape index (κ3) is 2.93. The molecule has 1 aliphatic heterocycles. The summed E-state index contributed by atoms with van der Waals surface area (Å²) in [5.41, 5.74) is 2.02. The first-order valence-corrected chi connectivity index (χ1v) is 9.36. The highest BCUT2D eigenvalue weighted by Crippen LogP contribution is 2.26. The summed E-state index contributed by atoms with van der Waals surface area (Å²) in [5, 5.41) is 4.50. The molecule has 2 aromatic heterocycles. The molecule has 0 bridgehead atoms. The zero-order chi connectivity index (χ0) is 15.7. The maximum Gasteiger partial charge on any atom is 0.211 e. The molecule has 120 valence electrons. The predicted octanol–water partition coefficient (Wildman–Crippen LogP) is 1.36. The van der Waals surface area contributed by atoms with Crippen molar-refractivity contribution >= 4 is 26.9 Å². The molecule has 1 aliphatic rings. The third-order valence-electron chi connectivity index (χ3n) is 4.20. The summed E-state index contributed by atoms with van der Waals surface area (Å²) in [4.78, 5) is 11.8. The number of sulfonamides is 1. The van der Waals surface area contributed by atoms with Crippen LogP contribution in [-0.4, -0.2) is 53.1 Å². The van der Waals surface area contributed by atoms with Crippen molar-refractivity contribution in [2.24, 2.45) is 0 Å². The maximum absolute atomic E-state index is 11.6. The van der Waals surface area contributed by atoms with Gasteiger partial charge >= 0.3 is 0 Å². The van der Waals surface area contributed by atoms with Gasteiger partial charge in [-0.05, 0) is 24.8 Å². The molecule has 0 aliphatic carbocycles. The van der Waals surface area contributed by atoms with E-state index in [1.165, 1.54) is 16.1 Å². The second-order valence-electron chi connectivity index (χ2n) is 5.69. The van der Waals surface area contributed by atoms with E-state index in [1.54, 1.807) is 6.33 Å². The zero-order valence-corrected chi connectivity index (χ0v) is 13.7. The number of H-pyrrole nitrogens is 1. The zero-order valence-electron chi connectivity index (χ0n) is 12.8. The second-order valence-corrected chi connectivity index (χ2v) is 7.68. The highest BCUT2D eigenvalue weighted by atomic mass is 32.2. The Kier molecular flexibility index (Phi) is 4.05. The lowest BCUT2D eigenvalue weighted by molar-refractivity contribution is 0.331. The van der Waals surface area contributed by atoms with Crippen LogP contribution in [0.4, 0.5) is 5.82 Å². The van der Waals surface area contributed by atoms with Crippen molar-refractivity contribution in [3.05, 3.63) is 18.1 Å². The summed E-state index contributed by atoms with van der Waals surface area (Å²) >= 11 is 0. The summed E-state index contributed by atoms with van der Waals surface area (Å²) in [6, 6.07) is 0.232. The summed E-state index contributed by atoms with van der Waals surface area (Å²) in [6.07, 6.45) is 7.26. The highest BCUT2D eigenvalue weighted by Gasteiger charge is 2.25. The molecule has 2 aromatic rings. The molecular weight excluding hydrogens is 302 g/mol. The average Bonchev–Trinajstić information content (AvgIpc) is 2.91. The fourth-order valence-corrected chi connectivity index (χ4v) is 3.81. The number of piperidine rings is 1. The van der Waals surface area contributed by atoms with Gasteiger partial charge in [-0.1, -0.05) is 6.92 Å². The number of hydrogen-bond donors (Lipinski definition) is 2. The van der Waals surface area contributed by atoms with Gasteiger partial charge in [-0.25, -0.2) is 22.7 Å². The van der Waals surface area contributed by atoms with Crippen LogP contribution in [0.3, 0.4) is 0 Å². The Morgan fingerprint density at radius 3 is 2.73 bits per heavy atom. The van der Waals surface area contributed by atoms with Crippen LogP contribution < -0.4 is 5.32 Å². The van der Waals surface area contributed by atoms with Crippen LogP contribution in [0.2, 0.25) is 0 Å². The number of anilines is 1. The molecule has 3 rings (SSSR count). The number of rotatable bonds is 4. The Labute approximate surface area is 130 Å². The van der Waals surface area contributed by atoms with E-state index in [-0.39, 0.29) is 6.04 Å². The predicted molar refractivity (Wildman–Crippen MR) is 86.3 cm³/mol. The molecule has 0 unspecified atom stereocenters. The minimum Gasteiger partial charge on any atom is -0.367 e. The van der Waals surface area contributed by atoms with Gasteiger partial charge in [0.1, 0.15) is 17.8 Å². The summed E-state index contributed by atoms with van der Waals surface area (Å²) < 4.78 is 24.6. The summed E-state index contributed by atoms with van der Waals surface area (Å²) in [7, 11) is -3.08. The molecule has 0 aromatic carbocycles. The molecule has 0 radical (unpaired) electrons. The lowest BCUT2D eigenvalue weighted by Crippen LogP contribution is -2.41. The highest BCUT2D eigenvalue weighted by molar-refractivity contribution is 7.88. The smallest absolute Gasteiger partial charge is 0.211 e. The minimum atomic E-state index is -3.08. The number of aromatic amines is 1. The monoisotopic (exact) mass is 323 g/mol. The number of hydrogen-bond acceptors (Lipinski definition) is 5. The average molecular weight is 323 g/mol. The van der Waals surface area contributed by atoms with Gasteiger partial charge in [-0.3, -0.25) is 0 Å². The molecule has 22 heavy (non-hydrogen) atoms. The van der Waals surface area contributed by atoms with Crippen molar-refractivity contribution in [1.82, 2.24) is 19.3 Å². The van der Waals surface area contributed by atoms with Crippen LogP contribution in [0, 0.1) is 0 Å². The van der Waals surface area contributed by atoms with Crippen LogP contribution in [0.15, 0.2) is 12.5 Å². The largest absolute Gasteiger partial charge is 0.367 e. The lowest BCUT2D eigenvalue weighted by Gasteiger charge is -2.31. The van der Waals surface area contributed by atoms with Gasteiger partial charge in [-0.15, -0.1) is 0 Å². The van der Waals surface area contributed by atoms with Crippen molar-refractivity contribution in [2.75, 3.05) is 24.7 Å². The molecule has 2 N–H and O–H groups in total. The summed E-state index contributed by atoms with van der Waals surface area (Å²) in [6.45, 7) is 3.21. The van der Waals surface area contributed by atoms with Gasteiger partial charge in [0.2, 0.25) is 10.0 Å². The van der Waals surface area contributed by atoms with E-state index in [1.807, 2.05) is 6.20 Å². The minimum absolute atomic E-state index is 0.232. The standard InChI is InChI=1S/C14H21N5O2S/c1-3-10-8-15-13-12(10)14(17-9-16-13)18-11-4-6-19(7-5-11)22(2,20)21/h8-9,11H,3-7H2,1-2H3,(H2,15,16,17,18). The quantitative estimate of drug-likeness (QED) is 0.886. The Balaban J connectivity index is 1.76. The first kappa shape index (κ1) is 15.2. The van der Waals surface area contributed by atoms with Crippen LogP contribution in [0.5, 0.6) is 0 Å². The number of aryl methyl sites for hydroxylation is 1. The SMILES string of the molecule is CCc1c[nH]c2ncnc(NC3CCN(S(C)(=O)=O)CC3)c12. The fraction of sp³-hybridized carbons (Fsp3) is 0.571. The van der Waals surface area contributed by atoms with Gasteiger partial charge in [0.05, 0.1) is 11.6 Å². The molecule has 0 saturated carbocycles. The molecule has 7 nitrogen and oxygen atoms in total. The first-order chi connectivity index (χ1) is 10.5. The Bertz CT molecular complexity index is 763. The van der Waals surface area contributed by atoms with Gasteiger partial charge in [0, 0.05) is 25.3 Å². The molecule has 1 saturated heterocycles. The van der Waals surface area contributed by atoms with Crippen molar-refractivity contribution in [2.45, 2.75) is 32.2 Å². The van der Waals surface area contributed by atoms with Crippen molar-refractivity contribution in [3.63, 3.8) is 0 Å². The van der Waals surface area contributed by atoms with Crippen molar-refractivity contribution in [1.29, 1.82) is 0 Å². The van der Waals surface area contributed by atoms with E-state index in [9.17, 15) is 8.42 Å². The normalized spacial score (nSPS) is 17.9. The molecule has 0 atom stereocenters. The van der Waals surface area contributed by atoms with E-state index >= 15 is 0 Å². The fourth-order valence-electron chi connectivity index (χ4n) is 2.94. The lowest BCUT2D eigenvalue weighted by atomic mass is 10.1. The van der Waals surface area contributed by atoms with E-state index < -0.39 is 10.0 Å². The first-order valence-electron chi connectivity index (χ1n) is 7.51. The number of nitrogens with zero attached hydrogens (tertiary/aromatic N) is 3. The molecule has 8 heteroatoms. The Morgan fingerprint density at radius 2 is 2.09 bits per heavy atom. The third-order valence-corrected chi connectivity index (χ3v) is 5.50. The van der Waals surface area contributed by atoms with Gasteiger partial charge in [-0.2, -0.15) is 0 Å². The molecule has 0 amide bonds. The Morgan fingerprint density at radius 1 is 1.36 bits per heavy atom. The Hall–Kier alpha value is -1.67. The van der Waals surface area contributed by atoms with Gasteiger partial charge < -0.3 is 10.3 Å². The number of aromatic nitrogens is 3. The molecule has 0 spiro atoms. The molecular formula is C14H21N5O2S. The second kappa shape index (κ2) is 5.85. The van der Waals surface area contributed by atoms with Crippen molar-refractivity contribution in [3.8, 4) is 0 Å². The van der Waals surface area contributed by atoms with Crippen LogP contribution >= 0.6 is 0 Å². The van der Waals surface area contributed by atoms with Crippen LogP contribution in [-0.2, 0) is 16.4 Å². The van der Waals surface area contributed by atoms with Crippen LogP contribution in [0.1, 0.15) is 25.3 Å². The van der Waals surface area contributed by atoms with Gasteiger partial charge in [0.25, 0.3) is 0 Å². The van der Waals surface area contributed by atoms with E-state index in [0.717, 1.165) is 36.1 Å². The van der Waals surface area contributed by atoms with Gasteiger partial charge in [0.15, 0.2) is 0 Å². The molecule has 1 fully saturated rings. The number of nitrogens with one attached hydrogen (secondary N) is 2. The van der Waals surface area contributed by atoms with E-state index in [4.69, 9.17) is 0 Å². The van der Waals surface area contributed by atoms with E-state index in [2.05, 4.69) is 27.2 Å². The number of fused-ring (bicyclic) bond motifs is 1. The van der Waals surface area contributed by atoms with Crippen molar-refractivity contribution < 1.29 is 8.42 Å². The van der Waals surface area contributed by atoms with Crippen LogP contribution in [0.25, 0.3) is 11.0 Å². The molecule has 3 heterocycles.